The van der Waals surface area contributed by atoms with Gasteiger partial charge in [0.15, 0.2) is 0 Å². The van der Waals surface area contributed by atoms with Crippen molar-refractivity contribution in [3.8, 4) is 0 Å². The lowest BCUT2D eigenvalue weighted by Gasteiger charge is -2.58. The fraction of sp³-hybridized carbons (Fsp3) is 1.00. The molecule has 0 saturated heterocycles. The Kier molecular flexibility index (Phi) is 4.09. The van der Waals surface area contributed by atoms with Crippen LogP contribution in [0.2, 0.25) is 0 Å². The molecule has 2 saturated carbocycles. The smallest absolute Gasteiger partial charge is 0.249 e. The Bertz CT molecular complexity index is 624. The standard InChI is InChI=1S/C10F18O/c11-1(3(13,14)7(21,22)4(1,15)16)9(25,26)29-10(27,28)2(12)5(17,18)8(23,24)6(2,19)20. The molecule has 0 spiro atoms. The minimum absolute atomic E-state index is 1.37. The summed E-state index contributed by atoms with van der Waals surface area (Å²) in [5, 5.41) is 0. The van der Waals surface area contributed by atoms with E-state index in [0.29, 0.717) is 0 Å². The van der Waals surface area contributed by atoms with Crippen LogP contribution in [0.3, 0.4) is 0 Å². The zero-order valence-corrected chi connectivity index (χ0v) is 12.2. The van der Waals surface area contributed by atoms with Crippen LogP contribution in [0.5, 0.6) is 0 Å². The van der Waals surface area contributed by atoms with Crippen molar-refractivity contribution in [2.75, 3.05) is 0 Å². The van der Waals surface area contributed by atoms with Crippen LogP contribution in [-0.2, 0) is 4.74 Å². The Morgan fingerprint density at radius 2 is 0.517 bits per heavy atom. The van der Waals surface area contributed by atoms with Gasteiger partial charge in [0.1, 0.15) is 0 Å². The molecule has 2 fully saturated rings. The van der Waals surface area contributed by atoms with Crippen molar-refractivity contribution in [3.05, 3.63) is 0 Å². The Hall–Kier alpha value is -1.30. The van der Waals surface area contributed by atoms with Crippen LogP contribution in [0.15, 0.2) is 0 Å². The average molecular weight is 478 g/mol. The lowest BCUT2D eigenvalue weighted by molar-refractivity contribution is -0.584. The molecule has 0 aromatic heterocycles. The van der Waals surface area contributed by atoms with Gasteiger partial charge in [-0.05, 0) is 0 Å². The number of alkyl halides is 18. The molecule has 0 bridgehead atoms. The van der Waals surface area contributed by atoms with Crippen molar-refractivity contribution >= 4 is 0 Å². The van der Waals surface area contributed by atoms with Crippen LogP contribution in [0.4, 0.5) is 79.0 Å². The molecule has 29 heavy (non-hydrogen) atoms. The minimum atomic E-state index is -7.80. The molecule has 0 unspecified atom stereocenters. The molecule has 2 aliphatic carbocycles. The highest BCUT2D eigenvalue weighted by molar-refractivity contribution is 5.33. The van der Waals surface area contributed by atoms with Crippen molar-refractivity contribution in [1.29, 1.82) is 0 Å². The molecule has 0 atom stereocenters. The fourth-order valence-corrected chi connectivity index (χ4v) is 2.56. The van der Waals surface area contributed by atoms with E-state index in [1.807, 2.05) is 0 Å². The molecule has 0 heterocycles. The molecule has 0 N–H and O–H groups in total. The Balaban J connectivity index is 2.56. The largest absolute Gasteiger partial charge is 0.407 e. The SMILES string of the molecule is FC(F)(OC(F)(F)C1(F)C(F)(F)C(F)(F)C1(F)F)C1(F)C(F)(F)C(F)(F)C1(F)F. The summed E-state index contributed by atoms with van der Waals surface area (Å²) in [5.74, 6) is -43.3. The lowest BCUT2D eigenvalue weighted by Crippen LogP contribution is -2.92. The first-order valence-electron chi connectivity index (χ1n) is 6.31. The van der Waals surface area contributed by atoms with Crippen LogP contribution in [0, 0.1) is 0 Å². The van der Waals surface area contributed by atoms with Gasteiger partial charge >= 0.3 is 59.1 Å². The summed E-state index contributed by atoms with van der Waals surface area (Å²) < 4.78 is 234. The predicted octanol–water partition coefficient (Wildman–Crippen LogP) is 5.44. The third kappa shape index (κ3) is 1.82. The van der Waals surface area contributed by atoms with Crippen LogP contribution in [0.1, 0.15) is 0 Å². The second-order valence-corrected chi connectivity index (χ2v) is 5.90. The van der Waals surface area contributed by atoms with Crippen LogP contribution in [-0.4, -0.2) is 59.1 Å². The lowest BCUT2D eigenvalue weighted by atomic mass is 9.67. The van der Waals surface area contributed by atoms with E-state index < -0.39 is 59.1 Å². The van der Waals surface area contributed by atoms with E-state index in [1.54, 1.807) is 0 Å². The summed E-state index contributed by atoms with van der Waals surface area (Å²) >= 11 is 0. The van der Waals surface area contributed by atoms with E-state index in [0.717, 1.165) is 0 Å². The van der Waals surface area contributed by atoms with Gasteiger partial charge in [-0.1, -0.05) is 0 Å². The highest BCUT2D eigenvalue weighted by atomic mass is 19.4. The van der Waals surface area contributed by atoms with Gasteiger partial charge in [-0.15, -0.1) is 0 Å². The molecule has 2 aliphatic rings. The zero-order valence-electron chi connectivity index (χ0n) is 12.2. The second kappa shape index (κ2) is 4.95. The molecule has 0 aromatic rings. The predicted molar refractivity (Wildman–Crippen MR) is 48.3 cm³/mol. The van der Waals surface area contributed by atoms with Gasteiger partial charge in [0.05, 0.1) is 0 Å². The van der Waals surface area contributed by atoms with Gasteiger partial charge in [-0.2, -0.15) is 70.2 Å². The number of halogens is 18. The monoisotopic (exact) mass is 478 g/mol. The maximum absolute atomic E-state index is 13.5. The highest BCUT2D eigenvalue weighted by Gasteiger charge is 3.09. The zero-order chi connectivity index (χ0) is 23.7. The number of ether oxygens (including phenoxy) is 1. The van der Waals surface area contributed by atoms with Crippen molar-refractivity contribution in [1.82, 2.24) is 0 Å². The summed E-state index contributed by atoms with van der Waals surface area (Å²) in [6, 6.07) is 0. The Morgan fingerprint density at radius 3 is 0.690 bits per heavy atom. The van der Waals surface area contributed by atoms with Crippen molar-refractivity contribution in [2.45, 2.75) is 59.1 Å². The van der Waals surface area contributed by atoms with E-state index in [1.165, 1.54) is 4.74 Å². The highest BCUT2D eigenvalue weighted by Crippen LogP contribution is 2.76. The van der Waals surface area contributed by atoms with Gasteiger partial charge in [-0.25, -0.2) is 13.5 Å². The summed E-state index contributed by atoms with van der Waals surface area (Å²) in [6.45, 7) is 0. The van der Waals surface area contributed by atoms with Gasteiger partial charge in [-0.3, -0.25) is 0 Å². The molecular weight excluding hydrogens is 478 g/mol. The summed E-state index contributed by atoms with van der Waals surface area (Å²) in [6.07, 6.45) is -15.6. The number of hydrogen-bond donors (Lipinski definition) is 0. The van der Waals surface area contributed by atoms with Crippen molar-refractivity contribution in [2.24, 2.45) is 0 Å². The van der Waals surface area contributed by atoms with Crippen LogP contribution < -0.4 is 0 Å². The van der Waals surface area contributed by atoms with E-state index in [4.69, 9.17) is 0 Å². The maximum Gasteiger partial charge on any atom is 0.407 e. The third-order valence-electron chi connectivity index (χ3n) is 4.37. The Morgan fingerprint density at radius 1 is 0.345 bits per heavy atom. The molecule has 1 nitrogen and oxygen atoms in total. The van der Waals surface area contributed by atoms with Crippen molar-refractivity contribution < 1.29 is 83.8 Å². The van der Waals surface area contributed by atoms with Gasteiger partial charge in [0.25, 0.3) is 0 Å². The minimum Gasteiger partial charge on any atom is -0.249 e. The molecule has 172 valence electrons. The molecule has 2 rings (SSSR count). The van der Waals surface area contributed by atoms with E-state index in [2.05, 4.69) is 0 Å². The number of hydrogen-bond acceptors (Lipinski definition) is 1. The van der Waals surface area contributed by atoms with E-state index in [9.17, 15) is 79.0 Å². The van der Waals surface area contributed by atoms with E-state index in [-0.39, 0.29) is 0 Å². The molecule has 0 amide bonds. The van der Waals surface area contributed by atoms with Gasteiger partial charge < -0.3 is 0 Å². The summed E-state index contributed by atoms with van der Waals surface area (Å²) in [4.78, 5) is 0. The quantitative estimate of drug-likeness (QED) is 0.489. The molecule has 0 aromatic carbocycles. The summed E-state index contributed by atoms with van der Waals surface area (Å²) in [7, 11) is 0. The molecule has 0 radical (unpaired) electrons. The molecular formula is C10F18O. The Labute approximate surface area is 144 Å². The van der Waals surface area contributed by atoms with E-state index >= 15 is 0 Å². The van der Waals surface area contributed by atoms with Crippen molar-refractivity contribution in [3.63, 3.8) is 0 Å². The van der Waals surface area contributed by atoms with Gasteiger partial charge in [0, 0.05) is 0 Å². The number of rotatable bonds is 4. The van der Waals surface area contributed by atoms with Gasteiger partial charge in [0.2, 0.25) is 0 Å². The molecule has 19 heteroatoms. The first-order chi connectivity index (χ1) is 12.2. The normalized spacial score (nSPS) is 32.1. The van der Waals surface area contributed by atoms with Crippen LogP contribution in [0.25, 0.3) is 0 Å². The first-order valence-corrected chi connectivity index (χ1v) is 6.31. The average Bonchev–Trinajstić information content (AvgIpc) is 2.49. The fourth-order valence-electron chi connectivity index (χ4n) is 2.56. The first kappa shape index (κ1) is 24.0. The summed E-state index contributed by atoms with van der Waals surface area (Å²) in [5.41, 5.74) is -15.0. The second-order valence-electron chi connectivity index (χ2n) is 5.90. The molecule has 0 aliphatic heterocycles. The van der Waals surface area contributed by atoms with Crippen LogP contribution >= 0.6 is 0 Å². The third-order valence-corrected chi connectivity index (χ3v) is 4.37. The maximum atomic E-state index is 13.5. The topological polar surface area (TPSA) is 9.23 Å².